The van der Waals surface area contributed by atoms with E-state index >= 15 is 0 Å². The van der Waals surface area contributed by atoms with E-state index in [1.54, 1.807) is 54.6 Å². The van der Waals surface area contributed by atoms with Gasteiger partial charge in [0, 0.05) is 22.6 Å². The predicted octanol–water partition coefficient (Wildman–Crippen LogP) is 5.56. The van der Waals surface area contributed by atoms with E-state index in [-0.39, 0.29) is 24.1 Å². The first-order chi connectivity index (χ1) is 18.4. The number of carbonyl (C=O) groups excluding carboxylic acids is 3. The summed E-state index contributed by atoms with van der Waals surface area (Å²) in [6.45, 7) is 2.73. The molecule has 0 radical (unpaired) electrons. The lowest BCUT2D eigenvalue weighted by atomic mass is 10.2. The van der Waals surface area contributed by atoms with Gasteiger partial charge in [-0.2, -0.15) is 0 Å². The minimum atomic E-state index is -0.518. The fourth-order valence-electron chi connectivity index (χ4n) is 3.96. The Hall–Kier alpha value is -3.98. The Morgan fingerprint density at radius 3 is 2.34 bits per heavy atom. The average molecular weight is 535 g/mol. The van der Waals surface area contributed by atoms with Gasteiger partial charge in [0.15, 0.2) is 11.5 Å². The second-order valence-corrected chi connectivity index (χ2v) is 9.90. The van der Waals surface area contributed by atoms with Crippen molar-refractivity contribution in [2.75, 3.05) is 31.0 Å². The van der Waals surface area contributed by atoms with Crippen molar-refractivity contribution in [3.8, 4) is 17.2 Å². The molecule has 3 aromatic rings. The van der Waals surface area contributed by atoms with Crippen molar-refractivity contribution in [3.63, 3.8) is 0 Å². The summed E-state index contributed by atoms with van der Waals surface area (Å²) in [7, 11) is 3.05. The Kier molecular flexibility index (Phi) is 8.91. The molecule has 3 amide bonds. The molecule has 198 valence electrons. The number of carbonyl (C=O) groups is 3. The van der Waals surface area contributed by atoms with Crippen molar-refractivity contribution >= 4 is 40.9 Å². The molecule has 1 atom stereocenters. The molecule has 0 spiro atoms. The van der Waals surface area contributed by atoms with Crippen LogP contribution in [-0.4, -0.2) is 43.8 Å². The molecule has 0 saturated carbocycles. The summed E-state index contributed by atoms with van der Waals surface area (Å²) in [5.41, 5.74) is 1.57. The van der Waals surface area contributed by atoms with Crippen LogP contribution in [0.2, 0.25) is 0 Å². The van der Waals surface area contributed by atoms with Gasteiger partial charge in [0.1, 0.15) is 5.75 Å². The molecule has 4 rings (SSSR count). The van der Waals surface area contributed by atoms with Crippen LogP contribution in [0.15, 0.2) is 71.6 Å². The monoisotopic (exact) mass is 534 g/mol. The second kappa shape index (κ2) is 12.5. The van der Waals surface area contributed by atoms with Crippen molar-refractivity contribution in [3.05, 3.63) is 72.3 Å². The van der Waals surface area contributed by atoms with E-state index in [1.807, 2.05) is 12.1 Å². The number of rotatable bonds is 11. The first-order valence-electron chi connectivity index (χ1n) is 12.3. The lowest BCUT2D eigenvalue weighted by molar-refractivity contribution is -0.121. The van der Waals surface area contributed by atoms with E-state index < -0.39 is 5.25 Å². The Morgan fingerprint density at radius 1 is 0.974 bits per heavy atom. The van der Waals surface area contributed by atoms with Gasteiger partial charge in [-0.1, -0.05) is 13.3 Å². The average Bonchev–Trinajstić information content (AvgIpc) is 3.21. The molecule has 1 fully saturated rings. The van der Waals surface area contributed by atoms with Gasteiger partial charge in [0.05, 0.1) is 31.8 Å². The molecular weight excluding hydrogens is 504 g/mol. The van der Waals surface area contributed by atoms with Gasteiger partial charge in [-0.15, -0.1) is 11.8 Å². The molecule has 1 N–H and O–H groups in total. The summed E-state index contributed by atoms with van der Waals surface area (Å²) in [6, 6.07) is 19.1. The van der Waals surface area contributed by atoms with Crippen LogP contribution in [0.25, 0.3) is 0 Å². The van der Waals surface area contributed by atoms with Crippen LogP contribution in [0.5, 0.6) is 17.2 Å². The summed E-state index contributed by atoms with van der Waals surface area (Å²) in [5, 5.41) is 2.33. The van der Waals surface area contributed by atoms with Crippen LogP contribution in [0, 0.1) is 0 Å². The minimum Gasteiger partial charge on any atom is -0.494 e. The summed E-state index contributed by atoms with van der Waals surface area (Å²) in [5.74, 6) is 0.952. The van der Waals surface area contributed by atoms with Crippen molar-refractivity contribution in [1.82, 2.24) is 0 Å². The third-order valence-electron chi connectivity index (χ3n) is 6.00. The number of imide groups is 1. The largest absolute Gasteiger partial charge is 0.494 e. The van der Waals surface area contributed by atoms with Crippen molar-refractivity contribution < 1.29 is 28.6 Å². The molecule has 8 nitrogen and oxygen atoms in total. The number of hydrogen-bond donors (Lipinski definition) is 1. The maximum Gasteiger partial charge on any atom is 0.255 e. The number of anilines is 2. The maximum atomic E-state index is 13.1. The Morgan fingerprint density at radius 2 is 1.68 bits per heavy atom. The number of hydrogen-bond acceptors (Lipinski definition) is 7. The molecule has 0 bridgehead atoms. The van der Waals surface area contributed by atoms with E-state index in [0.29, 0.717) is 40.8 Å². The third-order valence-corrected chi connectivity index (χ3v) is 7.20. The molecular formula is C29H30N2O6S. The zero-order valence-corrected chi connectivity index (χ0v) is 22.4. The summed E-state index contributed by atoms with van der Waals surface area (Å²) in [6.07, 6.45) is 2.13. The number of nitrogens with one attached hydrogen (secondary N) is 1. The highest BCUT2D eigenvalue weighted by Gasteiger charge is 2.40. The first-order valence-corrected chi connectivity index (χ1v) is 13.2. The van der Waals surface area contributed by atoms with E-state index in [4.69, 9.17) is 14.2 Å². The molecule has 9 heteroatoms. The van der Waals surface area contributed by atoms with E-state index in [1.165, 1.54) is 30.9 Å². The summed E-state index contributed by atoms with van der Waals surface area (Å²) >= 11 is 1.33. The van der Waals surface area contributed by atoms with E-state index in [2.05, 4.69) is 12.2 Å². The molecule has 3 aromatic carbocycles. The highest BCUT2D eigenvalue weighted by molar-refractivity contribution is 8.00. The van der Waals surface area contributed by atoms with Gasteiger partial charge in [0.25, 0.3) is 5.91 Å². The molecule has 38 heavy (non-hydrogen) atoms. The molecule has 0 aliphatic carbocycles. The van der Waals surface area contributed by atoms with Crippen molar-refractivity contribution in [2.45, 2.75) is 36.3 Å². The second-order valence-electron chi connectivity index (χ2n) is 8.62. The van der Waals surface area contributed by atoms with Gasteiger partial charge < -0.3 is 19.5 Å². The number of unbranched alkanes of at least 4 members (excludes halogenated alkanes) is 1. The van der Waals surface area contributed by atoms with Crippen LogP contribution < -0.4 is 24.4 Å². The first kappa shape index (κ1) is 27.1. The quantitative estimate of drug-likeness (QED) is 0.254. The SMILES string of the molecule is CCCCOc1ccc(N2C(=O)CC(Sc3ccc(NC(=O)c4ccc(OC)c(OC)c4)cc3)C2=O)cc1. The van der Waals surface area contributed by atoms with E-state index in [0.717, 1.165) is 17.7 Å². The lowest BCUT2D eigenvalue weighted by Crippen LogP contribution is -2.31. The maximum absolute atomic E-state index is 13.1. The highest BCUT2D eigenvalue weighted by atomic mass is 32.2. The van der Waals surface area contributed by atoms with Gasteiger partial charge >= 0.3 is 0 Å². The molecule has 1 aliphatic rings. The molecule has 1 aliphatic heterocycles. The number of nitrogens with zero attached hydrogens (tertiary/aromatic N) is 1. The Bertz CT molecular complexity index is 1290. The fraction of sp³-hybridized carbons (Fsp3) is 0.276. The van der Waals surface area contributed by atoms with Crippen LogP contribution in [0.3, 0.4) is 0 Å². The van der Waals surface area contributed by atoms with Crippen LogP contribution >= 0.6 is 11.8 Å². The standard InChI is InChI=1S/C29H30N2O6S/c1-4-5-16-37-22-11-9-21(10-12-22)31-27(32)18-26(29(31)34)38-23-13-7-20(8-14-23)30-28(33)19-6-15-24(35-2)25(17-19)36-3/h6-15,17,26H,4-5,16,18H2,1-3H3,(H,30,33). The third kappa shape index (κ3) is 6.28. The summed E-state index contributed by atoms with van der Waals surface area (Å²) in [4.78, 5) is 40.5. The fourth-order valence-corrected chi connectivity index (χ4v) is 5.01. The number of methoxy groups -OCH3 is 2. The number of amides is 3. The number of thioether (sulfide) groups is 1. The van der Waals surface area contributed by atoms with Crippen LogP contribution in [0.1, 0.15) is 36.5 Å². The van der Waals surface area contributed by atoms with Gasteiger partial charge in [-0.25, -0.2) is 4.90 Å². The zero-order valence-electron chi connectivity index (χ0n) is 21.6. The molecule has 0 aromatic heterocycles. The normalized spacial score (nSPS) is 14.9. The summed E-state index contributed by atoms with van der Waals surface area (Å²) < 4.78 is 16.1. The lowest BCUT2D eigenvalue weighted by Gasteiger charge is -2.16. The van der Waals surface area contributed by atoms with E-state index in [9.17, 15) is 14.4 Å². The van der Waals surface area contributed by atoms with Crippen LogP contribution in [-0.2, 0) is 9.59 Å². The van der Waals surface area contributed by atoms with Crippen LogP contribution in [0.4, 0.5) is 11.4 Å². The van der Waals surface area contributed by atoms with Gasteiger partial charge in [0.2, 0.25) is 11.8 Å². The molecule has 1 unspecified atom stereocenters. The topological polar surface area (TPSA) is 94.2 Å². The van der Waals surface area contributed by atoms with Crippen molar-refractivity contribution in [1.29, 1.82) is 0 Å². The van der Waals surface area contributed by atoms with Crippen molar-refractivity contribution in [2.24, 2.45) is 0 Å². The predicted molar refractivity (Wildman–Crippen MR) is 148 cm³/mol. The smallest absolute Gasteiger partial charge is 0.255 e. The number of ether oxygens (including phenoxy) is 3. The molecule has 1 heterocycles. The Balaban J connectivity index is 1.36. The zero-order chi connectivity index (χ0) is 27.1. The Labute approximate surface area is 226 Å². The molecule has 1 saturated heterocycles. The number of benzene rings is 3. The van der Waals surface area contributed by atoms with Gasteiger partial charge in [-0.3, -0.25) is 14.4 Å². The minimum absolute atomic E-state index is 0.121. The highest BCUT2D eigenvalue weighted by Crippen LogP contribution is 2.35. The van der Waals surface area contributed by atoms with Gasteiger partial charge in [-0.05, 0) is 73.2 Å².